The van der Waals surface area contributed by atoms with E-state index in [0.717, 1.165) is 37.1 Å². The summed E-state index contributed by atoms with van der Waals surface area (Å²) in [5, 5.41) is 0. The smallest absolute Gasteiger partial charge is 0.236 e. The SMILES string of the molecule is CN(C)C(=O)CN1CCN(Cc2ccc(Cl)s2)CC1. The molecule has 4 nitrogen and oxygen atoms in total. The first-order valence-corrected chi connectivity index (χ1v) is 7.63. The zero-order valence-electron chi connectivity index (χ0n) is 11.4. The third-order valence-electron chi connectivity index (χ3n) is 3.33. The highest BCUT2D eigenvalue weighted by Gasteiger charge is 2.19. The molecule has 2 heterocycles. The molecule has 0 atom stereocenters. The molecule has 0 aliphatic carbocycles. The minimum Gasteiger partial charge on any atom is -0.348 e. The predicted molar refractivity (Wildman–Crippen MR) is 79.7 cm³/mol. The zero-order chi connectivity index (χ0) is 13.8. The van der Waals surface area contributed by atoms with E-state index in [0.29, 0.717) is 6.54 Å². The van der Waals surface area contributed by atoms with E-state index in [-0.39, 0.29) is 5.91 Å². The Labute approximate surface area is 123 Å². The quantitative estimate of drug-likeness (QED) is 0.845. The Bertz CT molecular complexity index is 427. The van der Waals surface area contributed by atoms with Crippen molar-refractivity contribution in [2.75, 3.05) is 46.8 Å². The summed E-state index contributed by atoms with van der Waals surface area (Å²) < 4.78 is 0.852. The number of thiophene rings is 1. The first-order valence-electron chi connectivity index (χ1n) is 6.43. The summed E-state index contributed by atoms with van der Waals surface area (Å²) in [5.74, 6) is 0.179. The van der Waals surface area contributed by atoms with Gasteiger partial charge in [0.1, 0.15) is 0 Å². The number of likely N-dealkylation sites (N-methyl/N-ethyl adjacent to an activating group) is 1. The second kappa shape index (κ2) is 6.70. The molecule has 1 aliphatic heterocycles. The van der Waals surface area contributed by atoms with Crippen LogP contribution in [-0.4, -0.2) is 67.4 Å². The highest BCUT2D eigenvalue weighted by atomic mass is 35.5. The van der Waals surface area contributed by atoms with Crippen molar-refractivity contribution in [3.05, 3.63) is 21.3 Å². The lowest BCUT2D eigenvalue weighted by molar-refractivity contribution is -0.130. The van der Waals surface area contributed by atoms with E-state index in [4.69, 9.17) is 11.6 Å². The van der Waals surface area contributed by atoms with Gasteiger partial charge in [-0.2, -0.15) is 0 Å². The van der Waals surface area contributed by atoms with Crippen molar-refractivity contribution in [1.82, 2.24) is 14.7 Å². The van der Waals surface area contributed by atoms with Gasteiger partial charge in [0.05, 0.1) is 10.9 Å². The molecular weight excluding hydrogens is 282 g/mol. The van der Waals surface area contributed by atoms with Crippen molar-refractivity contribution in [2.24, 2.45) is 0 Å². The van der Waals surface area contributed by atoms with Gasteiger partial charge in [-0.25, -0.2) is 0 Å². The molecule has 0 aromatic carbocycles. The van der Waals surface area contributed by atoms with Crippen molar-refractivity contribution in [3.63, 3.8) is 0 Å². The molecule has 2 rings (SSSR count). The molecule has 106 valence electrons. The molecule has 1 saturated heterocycles. The Morgan fingerprint density at radius 1 is 1.26 bits per heavy atom. The minimum absolute atomic E-state index is 0.179. The summed E-state index contributed by atoms with van der Waals surface area (Å²) in [6.07, 6.45) is 0. The van der Waals surface area contributed by atoms with Crippen LogP contribution in [0.1, 0.15) is 4.88 Å². The summed E-state index contributed by atoms with van der Waals surface area (Å²) in [7, 11) is 3.61. The first kappa shape index (κ1) is 14.8. The van der Waals surface area contributed by atoms with Crippen LogP contribution in [0.2, 0.25) is 4.34 Å². The lowest BCUT2D eigenvalue weighted by Crippen LogP contribution is -2.48. The van der Waals surface area contributed by atoms with Crippen LogP contribution in [0.15, 0.2) is 12.1 Å². The monoisotopic (exact) mass is 301 g/mol. The molecule has 0 bridgehead atoms. The van der Waals surface area contributed by atoms with Gasteiger partial charge < -0.3 is 4.90 Å². The fourth-order valence-corrected chi connectivity index (χ4v) is 3.23. The molecule has 0 N–H and O–H groups in total. The number of amides is 1. The molecule has 0 radical (unpaired) electrons. The maximum Gasteiger partial charge on any atom is 0.236 e. The lowest BCUT2D eigenvalue weighted by Gasteiger charge is -2.34. The Hall–Kier alpha value is -0.620. The first-order chi connectivity index (χ1) is 9.04. The van der Waals surface area contributed by atoms with Crippen LogP contribution >= 0.6 is 22.9 Å². The maximum atomic E-state index is 11.6. The lowest BCUT2D eigenvalue weighted by atomic mass is 10.3. The summed E-state index contributed by atoms with van der Waals surface area (Å²) in [5.41, 5.74) is 0. The topological polar surface area (TPSA) is 26.8 Å². The third-order valence-corrected chi connectivity index (χ3v) is 4.55. The number of halogens is 1. The van der Waals surface area contributed by atoms with Gasteiger partial charge in [0.2, 0.25) is 5.91 Å². The van der Waals surface area contributed by atoms with Gasteiger partial charge in [-0.05, 0) is 12.1 Å². The van der Waals surface area contributed by atoms with Crippen molar-refractivity contribution < 1.29 is 4.79 Å². The number of hydrogen-bond donors (Lipinski definition) is 0. The summed E-state index contributed by atoms with van der Waals surface area (Å²) >= 11 is 7.58. The predicted octanol–water partition coefficient (Wildman–Crippen LogP) is 1.61. The fraction of sp³-hybridized carbons (Fsp3) is 0.615. The highest BCUT2D eigenvalue weighted by molar-refractivity contribution is 7.16. The van der Waals surface area contributed by atoms with E-state index in [1.54, 1.807) is 30.3 Å². The number of nitrogens with zero attached hydrogens (tertiary/aromatic N) is 3. The van der Waals surface area contributed by atoms with Crippen LogP contribution in [0.25, 0.3) is 0 Å². The van der Waals surface area contributed by atoms with Crippen LogP contribution in [0.4, 0.5) is 0 Å². The van der Waals surface area contributed by atoms with Crippen molar-refractivity contribution in [1.29, 1.82) is 0 Å². The maximum absolute atomic E-state index is 11.6. The molecule has 1 aromatic heterocycles. The fourth-order valence-electron chi connectivity index (χ4n) is 2.10. The molecule has 1 aliphatic rings. The van der Waals surface area contributed by atoms with Crippen LogP contribution < -0.4 is 0 Å². The van der Waals surface area contributed by atoms with Crippen LogP contribution in [0.3, 0.4) is 0 Å². The Kier molecular flexibility index (Phi) is 5.21. The Morgan fingerprint density at radius 2 is 1.89 bits per heavy atom. The van der Waals surface area contributed by atoms with E-state index in [2.05, 4.69) is 15.9 Å². The van der Waals surface area contributed by atoms with Crippen molar-refractivity contribution in [3.8, 4) is 0 Å². The molecule has 1 aromatic rings. The van der Waals surface area contributed by atoms with Gasteiger partial charge in [-0.15, -0.1) is 11.3 Å². The molecule has 19 heavy (non-hydrogen) atoms. The number of carbonyl (C=O) groups is 1. The van der Waals surface area contributed by atoms with E-state index in [1.165, 1.54) is 4.88 Å². The summed E-state index contributed by atoms with van der Waals surface area (Å²) in [4.78, 5) is 19.2. The van der Waals surface area contributed by atoms with Gasteiger partial charge in [0.15, 0.2) is 0 Å². The number of rotatable bonds is 4. The van der Waals surface area contributed by atoms with Crippen molar-refractivity contribution >= 4 is 28.8 Å². The molecule has 0 saturated carbocycles. The minimum atomic E-state index is 0.179. The highest BCUT2D eigenvalue weighted by Crippen LogP contribution is 2.23. The summed E-state index contributed by atoms with van der Waals surface area (Å²) in [6.45, 7) is 5.43. The molecule has 0 spiro atoms. The van der Waals surface area contributed by atoms with Crippen LogP contribution in [-0.2, 0) is 11.3 Å². The number of hydrogen-bond acceptors (Lipinski definition) is 4. The zero-order valence-corrected chi connectivity index (χ0v) is 13.0. The van der Waals surface area contributed by atoms with Gasteiger partial charge in [-0.1, -0.05) is 11.6 Å². The summed E-state index contributed by atoms with van der Waals surface area (Å²) in [6, 6.07) is 4.04. The molecular formula is C13H20ClN3OS. The standard InChI is InChI=1S/C13H20ClN3OS/c1-15(2)13(18)10-17-7-5-16(6-8-17)9-11-3-4-12(14)19-11/h3-4H,5-10H2,1-2H3. The molecule has 6 heteroatoms. The number of carbonyl (C=O) groups excluding carboxylic acids is 1. The van der Waals surface area contributed by atoms with E-state index in [9.17, 15) is 4.79 Å². The average molecular weight is 302 g/mol. The van der Waals surface area contributed by atoms with Gasteiger partial charge >= 0.3 is 0 Å². The second-order valence-electron chi connectivity index (χ2n) is 5.05. The van der Waals surface area contributed by atoms with Crippen LogP contribution in [0.5, 0.6) is 0 Å². The normalized spacial score (nSPS) is 17.6. The van der Waals surface area contributed by atoms with Crippen LogP contribution in [0, 0.1) is 0 Å². The second-order valence-corrected chi connectivity index (χ2v) is 6.85. The average Bonchev–Trinajstić information content (AvgIpc) is 2.77. The van der Waals surface area contributed by atoms with Crippen molar-refractivity contribution in [2.45, 2.75) is 6.54 Å². The Morgan fingerprint density at radius 3 is 2.42 bits per heavy atom. The number of piperazine rings is 1. The van der Waals surface area contributed by atoms with E-state index < -0.39 is 0 Å². The molecule has 1 fully saturated rings. The third kappa shape index (κ3) is 4.45. The van der Waals surface area contributed by atoms with Gasteiger partial charge in [0, 0.05) is 51.7 Å². The largest absolute Gasteiger partial charge is 0.348 e. The van der Waals surface area contributed by atoms with Gasteiger partial charge in [0.25, 0.3) is 0 Å². The van der Waals surface area contributed by atoms with E-state index >= 15 is 0 Å². The molecule has 1 amide bonds. The van der Waals surface area contributed by atoms with Gasteiger partial charge in [-0.3, -0.25) is 14.6 Å². The Balaban J connectivity index is 1.75. The molecule has 0 unspecified atom stereocenters. The van der Waals surface area contributed by atoms with E-state index in [1.807, 2.05) is 6.07 Å².